The number of ether oxygens (including phenoxy) is 5. The van der Waals surface area contributed by atoms with Crippen molar-refractivity contribution in [1.82, 2.24) is 28.4 Å². The summed E-state index contributed by atoms with van der Waals surface area (Å²) in [6.45, 7) is 3.91. The minimum atomic E-state index is -3.97. The first kappa shape index (κ1) is 45.9. The summed E-state index contributed by atoms with van der Waals surface area (Å²) < 4.78 is 83.1. The molecular weight excluding hydrogens is 825 g/mol. The van der Waals surface area contributed by atoms with Crippen LogP contribution in [0, 0.1) is 0 Å². The number of carbonyl (C=O) groups excluding carboxylic acids is 1. The molecule has 6 aromatic rings. The molecule has 6 rings (SSSR count). The van der Waals surface area contributed by atoms with Gasteiger partial charge in [-0.1, -0.05) is 48.5 Å². The number of aromatic nitrogens is 4. The predicted octanol–water partition coefficient (Wildman–Crippen LogP) is 6.02. The molecule has 1 N–H and O–H groups in total. The summed E-state index contributed by atoms with van der Waals surface area (Å²) in [5.74, 6) is 2.26. The molecule has 0 bridgehead atoms. The van der Waals surface area contributed by atoms with Crippen LogP contribution in [0.25, 0.3) is 0 Å². The number of carbonyl (C=O) groups is 1. The van der Waals surface area contributed by atoms with E-state index in [4.69, 9.17) is 23.7 Å². The highest BCUT2D eigenvalue weighted by molar-refractivity contribution is 7.89. The van der Waals surface area contributed by atoms with E-state index in [1.807, 2.05) is 72.8 Å². The highest BCUT2D eigenvalue weighted by Crippen LogP contribution is 2.26. The Balaban J connectivity index is 0.000000237. The maximum absolute atomic E-state index is 13.7. The van der Waals surface area contributed by atoms with E-state index in [0.717, 1.165) is 33.8 Å². The van der Waals surface area contributed by atoms with Crippen molar-refractivity contribution in [2.75, 3.05) is 35.5 Å². The van der Waals surface area contributed by atoms with Gasteiger partial charge in [0.25, 0.3) is 10.0 Å². The van der Waals surface area contributed by atoms with Gasteiger partial charge in [0.05, 0.1) is 54.3 Å². The topological polar surface area (TPSA) is 184 Å². The van der Waals surface area contributed by atoms with E-state index in [-0.39, 0.29) is 36.1 Å². The smallest absolute Gasteiger partial charge is 0.333 e. The number of rotatable bonds is 18. The van der Waals surface area contributed by atoms with Gasteiger partial charge in [0.15, 0.2) is 10.6 Å². The second kappa shape index (κ2) is 20.4. The quantitative estimate of drug-likeness (QED) is 0.0993. The van der Waals surface area contributed by atoms with Crippen molar-refractivity contribution < 1.29 is 45.3 Å². The van der Waals surface area contributed by atoms with E-state index >= 15 is 0 Å². The van der Waals surface area contributed by atoms with Crippen LogP contribution in [0.5, 0.6) is 23.0 Å². The van der Waals surface area contributed by atoms with Gasteiger partial charge < -0.3 is 28.7 Å². The Morgan fingerprint density at radius 3 is 1.26 bits per heavy atom. The van der Waals surface area contributed by atoms with Gasteiger partial charge in [-0.05, 0) is 84.6 Å². The number of imidazole rings is 1. The molecular formula is C43H50N6O10S2. The standard InChI is InChI=1S/C24H29N3O6S.C19H21N3O4S/c1-24(2,23(28)33-5)27-17-22(14-25-27)34(29,30)26(15-18-6-10-20(31-3)11-7-18)16-19-8-12-21(32-4)13-9-19;1-25-17-7-3-15(4-8-17)12-22(27(23,24)19-11-20-14-21-19)13-16-5-9-18(26-2)10-6-16/h6-14,17H,15-16H2,1-5H3;3-11,14H,12-13H2,1-2H3,(H,20,21). The molecule has 0 saturated carbocycles. The maximum atomic E-state index is 13.7. The highest BCUT2D eigenvalue weighted by Gasteiger charge is 2.34. The Kier molecular flexibility index (Phi) is 15.3. The highest BCUT2D eigenvalue weighted by atomic mass is 32.2. The van der Waals surface area contributed by atoms with Crippen LogP contribution in [0.1, 0.15) is 36.1 Å². The number of methoxy groups -OCH3 is 5. The Labute approximate surface area is 356 Å². The maximum Gasteiger partial charge on any atom is 0.333 e. The number of aromatic amines is 1. The summed E-state index contributed by atoms with van der Waals surface area (Å²) in [7, 11) is -0.0970. The number of H-pyrrole nitrogens is 1. The Hall–Kier alpha value is -6.21. The summed E-state index contributed by atoms with van der Waals surface area (Å²) in [5, 5.41) is 4.20. The zero-order valence-corrected chi connectivity index (χ0v) is 36.6. The number of nitrogens with one attached hydrogen (secondary N) is 1. The van der Waals surface area contributed by atoms with Gasteiger partial charge in [0.2, 0.25) is 10.0 Å². The number of benzene rings is 4. The van der Waals surface area contributed by atoms with E-state index < -0.39 is 31.6 Å². The first-order chi connectivity index (χ1) is 29.1. The lowest BCUT2D eigenvalue weighted by Crippen LogP contribution is -2.37. The van der Waals surface area contributed by atoms with Gasteiger partial charge in [-0.15, -0.1) is 0 Å². The zero-order chi connectivity index (χ0) is 44.2. The third kappa shape index (κ3) is 11.5. The van der Waals surface area contributed by atoms with E-state index in [0.29, 0.717) is 11.5 Å². The molecule has 0 amide bonds. The fourth-order valence-corrected chi connectivity index (χ4v) is 8.61. The van der Waals surface area contributed by atoms with Crippen LogP contribution in [0.15, 0.2) is 132 Å². The molecule has 0 spiro atoms. The molecule has 4 aromatic carbocycles. The van der Waals surface area contributed by atoms with Gasteiger partial charge in [0.1, 0.15) is 27.9 Å². The normalized spacial score (nSPS) is 11.8. The molecule has 0 fully saturated rings. The van der Waals surface area contributed by atoms with Crippen molar-refractivity contribution in [2.45, 2.75) is 55.5 Å². The summed E-state index contributed by atoms with van der Waals surface area (Å²) in [6.07, 6.45) is 5.26. The SMILES string of the molecule is COC(=O)C(C)(C)n1cc(S(=O)(=O)N(Cc2ccc(OC)cc2)Cc2ccc(OC)cc2)cn1.COc1ccc(CN(Cc2ccc(OC)cc2)S(=O)(=O)c2cnc[nH]2)cc1. The van der Waals surface area contributed by atoms with Crippen molar-refractivity contribution in [1.29, 1.82) is 0 Å². The molecule has 0 atom stereocenters. The summed E-state index contributed by atoms with van der Waals surface area (Å²) in [4.78, 5) is 18.6. The Morgan fingerprint density at radius 2 is 0.951 bits per heavy atom. The van der Waals surface area contributed by atoms with Crippen molar-refractivity contribution in [3.05, 3.63) is 144 Å². The molecule has 18 heteroatoms. The lowest BCUT2D eigenvalue weighted by atomic mass is 10.1. The van der Waals surface area contributed by atoms with Crippen molar-refractivity contribution in [2.24, 2.45) is 0 Å². The fourth-order valence-electron chi connectivity index (χ4n) is 5.95. The zero-order valence-electron chi connectivity index (χ0n) is 35.0. The monoisotopic (exact) mass is 874 g/mol. The van der Waals surface area contributed by atoms with E-state index in [2.05, 4.69) is 15.1 Å². The largest absolute Gasteiger partial charge is 0.497 e. The van der Waals surface area contributed by atoms with E-state index in [1.54, 1.807) is 66.6 Å². The minimum absolute atomic E-state index is 0.0218. The first-order valence-corrected chi connectivity index (χ1v) is 21.7. The molecule has 2 heterocycles. The molecule has 0 saturated heterocycles. The summed E-state index contributed by atoms with van der Waals surface area (Å²) in [5.41, 5.74) is 2.12. The molecule has 2 aromatic heterocycles. The third-order valence-electron chi connectivity index (χ3n) is 9.62. The molecule has 0 aliphatic heterocycles. The van der Waals surface area contributed by atoms with Crippen molar-refractivity contribution in [3.8, 4) is 23.0 Å². The van der Waals surface area contributed by atoms with E-state index in [9.17, 15) is 21.6 Å². The average Bonchev–Trinajstić information content (AvgIpc) is 4.03. The number of sulfonamides is 2. The molecule has 324 valence electrons. The number of nitrogens with zero attached hydrogens (tertiary/aromatic N) is 5. The Bertz CT molecular complexity index is 2430. The van der Waals surface area contributed by atoms with Crippen molar-refractivity contribution in [3.63, 3.8) is 0 Å². The van der Waals surface area contributed by atoms with Gasteiger partial charge in [-0.25, -0.2) is 26.6 Å². The molecule has 0 aliphatic rings. The van der Waals surface area contributed by atoms with Gasteiger partial charge >= 0.3 is 5.97 Å². The lowest BCUT2D eigenvalue weighted by Gasteiger charge is -2.23. The van der Waals surface area contributed by atoms with Gasteiger partial charge in [-0.2, -0.15) is 13.7 Å². The third-order valence-corrected chi connectivity index (χ3v) is 13.1. The van der Waals surface area contributed by atoms with Crippen LogP contribution in [0.4, 0.5) is 0 Å². The molecule has 0 unspecified atom stereocenters. The number of hydrogen-bond donors (Lipinski definition) is 1. The lowest BCUT2D eigenvalue weighted by molar-refractivity contribution is -0.150. The van der Waals surface area contributed by atoms with Crippen LogP contribution in [0.2, 0.25) is 0 Å². The first-order valence-electron chi connectivity index (χ1n) is 18.8. The predicted molar refractivity (Wildman–Crippen MR) is 227 cm³/mol. The van der Waals surface area contributed by atoms with Crippen LogP contribution >= 0.6 is 0 Å². The van der Waals surface area contributed by atoms with Crippen molar-refractivity contribution >= 4 is 26.0 Å². The summed E-state index contributed by atoms with van der Waals surface area (Å²) >= 11 is 0. The number of esters is 1. The Morgan fingerprint density at radius 1 is 0.590 bits per heavy atom. The molecule has 61 heavy (non-hydrogen) atoms. The van der Waals surface area contributed by atoms with Gasteiger partial charge in [-0.3, -0.25) is 4.68 Å². The van der Waals surface area contributed by atoms with Gasteiger partial charge in [0, 0.05) is 32.4 Å². The van der Waals surface area contributed by atoms with Crippen LogP contribution in [-0.4, -0.2) is 86.7 Å². The molecule has 16 nitrogen and oxygen atoms in total. The summed E-state index contributed by atoms with van der Waals surface area (Å²) in [6, 6.07) is 29.0. The van der Waals surface area contributed by atoms with E-state index in [1.165, 1.54) is 45.3 Å². The fraction of sp³-hybridized carbons (Fsp3) is 0.279. The second-order valence-corrected chi connectivity index (χ2v) is 17.9. The average molecular weight is 875 g/mol. The molecule has 0 radical (unpaired) electrons. The second-order valence-electron chi connectivity index (χ2n) is 14.0. The van der Waals surface area contributed by atoms with Crippen LogP contribution in [0.3, 0.4) is 0 Å². The minimum Gasteiger partial charge on any atom is -0.497 e. The number of hydrogen-bond acceptors (Lipinski definition) is 12. The van der Waals surface area contributed by atoms with Crippen LogP contribution < -0.4 is 18.9 Å². The molecule has 0 aliphatic carbocycles. The van der Waals surface area contributed by atoms with Crippen LogP contribution in [-0.2, 0) is 61.3 Å².